The van der Waals surface area contributed by atoms with Crippen LogP contribution in [0.25, 0.3) is 22.3 Å². The molecule has 3 aromatic rings. The van der Waals surface area contributed by atoms with E-state index in [1.165, 1.54) is 5.56 Å². The Morgan fingerprint density at radius 3 is 2.43 bits per heavy atom. The quantitative estimate of drug-likeness (QED) is 0.743. The number of aromatic nitrogens is 3. The zero-order valence-electron chi connectivity index (χ0n) is 14.5. The van der Waals surface area contributed by atoms with E-state index in [0.29, 0.717) is 17.6 Å². The van der Waals surface area contributed by atoms with Gasteiger partial charge in [-0.2, -0.15) is 0 Å². The summed E-state index contributed by atoms with van der Waals surface area (Å²) in [6, 6.07) is 10.1. The van der Waals surface area contributed by atoms with Crippen LogP contribution in [0.15, 0.2) is 36.5 Å². The molecule has 2 N–H and O–H groups in total. The Kier molecular flexibility index (Phi) is 5.27. The first-order valence-corrected chi connectivity index (χ1v) is 8.05. The van der Waals surface area contributed by atoms with Gasteiger partial charge in [-0.05, 0) is 25.0 Å². The van der Waals surface area contributed by atoms with Crippen molar-refractivity contribution in [2.24, 2.45) is 0 Å². The molecule has 0 unspecified atom stereocenters. The molecule has 0 radical (unpaired) electrons. The van der Waals surface area contributed by atoms with Gasteiger partial charge in [-0.1, -0.05) is 51.5 Å². The van der Waals surface area contributed by atoms with Crippen molar-refractivity contribution in [2.75, 3.05) is 5.73 Å². The summed E-state index contributed by atoms with van der Waals surface area (Å²) in [6.07, 6.45) is 1.71. The molecule has 2 heterocycles. The first kappa shape index (κ1) is 16.9. The molecule has 0 spiro atoms. The average molecular weight is 308 g/mol. The van der Waals surface area contributed by atoms with E-state index in [-0.39, 0.29) is 0 Å². The fourth-order valence-electron chi connectivity index (χ4n) is 2.45. The number of nitrogens with two attached hydrogens (primary N) is 1. The summed E-state index contributed by atoms with van der Waals surface area (Å²) in [6.45, 7) is 10.3. The Hall–Kier alpha value is -2.49. The highest BCUT2D eigenvalue weighted by atomic mass is 14.9. The van der Waals surface area contributed by atoms with Crippen LogP contribution >= 0.6 is 0 Å². The van der Waals surface area contributed by atoms with E-state index < -0.39 is 0 Å². The maximum absolute atomic E-state index is 6.00. The molecule has 4 nitrogen and oxygen atoms in total. The van der Waals surface area contributed by atoms with Crippen molar-refractivity contribution in [3.05, 3.63) is 47.8 Å². The van der Waals surface area contributed by atoms with Crippen molar-refractivity contribution < 1.29 is 0 Å². The molecule has 0 amide bonds. The maximum Gasteiger partial charge on any atom is 0.160 e. The first-order valence-electron chi connectivity index (χ1n) is 8.05. The number of nitrogen functional groups attached to an aromatic ring is 1. The van der Waals surface area contributed by atoms with Crippen LogP contribution in [0.2, 0.25) is 0 Å². The van der Waals surface area contributed by atoms with Crippen LogP contribution in [0.3, 0.4) is 0 Å². The number of hydrogen-bond donors (Lipinski definition) is 1. The summed E-state index contributed by atoms with van der Waals surface area (Å²) in [5, 5.41) is 0.980. The van der Waals surface area contributed by atoms with Crippen molar-refractivity contribution in [1.29, 1.82) is 0 Å². The van der Waals surface area contributed by atoms with E-state index in [9.17, 15) is 0 Å². The summed E-state index contributed by atoms with van der Waals surface area (Å²) in [5.74, 6) is 1.45. The van der Waals surface area contributed by atoms with Crippen molar-refractivity contribution in [1.82, 2.24) is 15.0 Å². The summed E-state index contributed by atoms with van der Waals surface area (Å²) in [7, 11) is 0. The lowest BCUT2D eigenvalue weighted by atomic mass is 10.0. The largest absolute Gasteiger partial charge is 0.382 e. The van der Waals surface area contributed by atoms with Crippen LogP contribution in [0.4, 0.5) is 5.82 Å². The minimum atomic E-state index is 0.292. The molecule has 0 aliphatic heterocycles. The molecule has 3 rings (SSSR count). The van der Waals surface area contributed by atoms with Gasteiger partial charge in [0.15, 0.2) is 5.82 Å². The monoisotopic (exact) mass is 308 g/mol. The Balaban J connectivity index is 0.000000924. The number of fused-ring (bicyclic) bond motifs is 1. The lowest BCUT2D eigenvalue weighted by Gasteiger charge is -2.12. The van der Waals surface area contributed by atoms with Gasteiger partial charge in [0.05, 0.1) is 5.69 Å². The molecule has 23 heavy (non-hydrogen) atoms. The molecule has 2 aromatic heterocycles. The third kappa shape index (κ3) is 3.47. The van der Waals surface area contributed by atoms with Crippen molar-refractivity contribution in [3.63, 3.8) is 0 Å². The van der Waals surface area contributed by atoms with Crippen molar-refractivity contribution in [3.8, 4) is 11.4 Å². The zero-order valence-corrected chi connectivity index (χ0v) is 14.5. The minimum absolute atomic E-state index is 0.292. The molecule has 0 atom stereocenters. The maximum atomic E-state index is 6.00. The van der Waals surface area contributed by atoms with Crippen LogP contribution in [-0.4, -0.2) is 15.0 Å². The Bertz CT molecular complexity index is 810. The van der Waals surface area contributed by atoms with Gasteiger partial charge in [0.1, 0.15) is 11.3 Å². The Labute approximate surface area is 137 Å². The summed E-state index contributed by atoms with van der Waals surface area (Å²) < 4.78 is 0. The van der Waals surface area contributed by atoms with Crippen LogP contribution in [0.5, 0.6) is 0 Å². The molecule has 1 aromatic carbocycles. The van der Waals surface area contributed by atoms with E-state index in [1.54, 1.807) is 6.20 Å². The molecular weight excluding hydrogens is 284 g/mol. The van der Waals surface area contributed by atoms with Gasteiger partial charge >= 0.3 is 0 Å². The second kappa shape index (κ2) is 7.18. The van der Waals surface area contributed by atoms with Gasteiger partial charge in [-0.3, -0.25) is 0 Å². The molecule has 0 fully saturated rings. The second-order valence-corrected chi connectivity index (χ2v) is 5.55. The fraction of sp³-hybridized carbons (Fsp3) is 0.316. The predicted molar refractivity (Wildman–Crippen MR) is 97.4 cm³/mol. The van der Waals surface area contributed by atoms with Gasteiger partial charge < -0.3 is 5.73 Å². The second-order valence-electron chi connectivity index (χ2n) is 5.55. The number of nitrogens with zero attached hydrogens (tertiary/aromatic N) is 3. The summed E-state index contributed by atoms with van der Waals surface area (Å²) in [5.41, 5.74) is 9.92. The van der Waals surface area contributed by atoms with Crippen LogP contribution < -0.4 is 5.73 Å². The SMILES string of the molecule is CC.Cc1cccc(-c2nc(C(C)C)c3ccnc(N)c3n2)c1. The third-order valence-corrected chi connectivity index (χ3v) is 3.50. The third-order valence-electron chi connectivity index (χ3n) is 3.50. The van der Waals surface area contributed by atoms with Crippen LogP contribution in [0, 0.1) is 6.92 Å². The van der Waals surface area contributed by atoms with Gasteiger partial charge in [0.25, 0.3) is 0 Å². The molecular formula is C19H24N4. The fourth-order valence-corrected chi connectivity index (χ4v) is 2.45. The highest BCUT2D eigenvalue weighted by molar-refractivity contribution is 5.90. The molecule has 0 aliphatic rings. The topological polar surface area (TPSA) is 64.7 Å². The summed E-state index contributed by atoms with van der Waals surface area (Å²) in [4.78, 5) is 13.5. The van der Waals surface area contributed by atoms with E-state index in [2.05, 4.69) is 42.9 Å². The normalized spacial score (nSPS) is 10.5. The van der Waals surface area contributed by atoms with Crippen molar-refractivity contribution in [2.45, 2.75) is 40.5 Å². The number of rotatable bonds is 2. The summed E-state index contributed by atoms with van der Waals surface area (Å²) >= 11 is 0. The van der Waals surface area contributed by atoms with Gasteiger partial charge in [-0.25, -0.2) is 15.0 Å². The van der Waals surface area contributed by atoms with Gasteiger partial charge in [-0.15, -0.1) is 0 Å². The lowest BCUT2D eigenvalue weighted by molar-refractivity contribution is 0.830. The molecule has 0 saturated carbocycles. The highest BCUT2D eigenvalue weighted by Crippen LogP contribution is 2.28. The van der Waals surface area contributed by atoms with E-state index in [0.717, 1.165) is 22.2 Å². The average Bonchev–Trinajstić information content (AvgIpc) is 2.56. The van der Waals surface area contributed by atoms with Crippen LogP contribution in [-0.2, 0) is 0 Å². The standard InChI is InChI=1S/C17H18N4.C2H6/c1-10(2)14-13-7-8-19-16(18)15(13)21-17(20-14)12-6-4-5-11(3)9-12;1-2/h4-10H,1-3H3,(H2,18,19);1-2H3. The predicted octanol–water partition coefficient (Wildman–Crippen LogP) is 4.73. The Morgan fingerprint density at radius 2 is 1.78 bits per heavy atom. The van der Waals surface area contributed by atoms with Gasteiger partial charge in [0.2, 0.25) is 0 Å². The Morgan fingerprint density at radius 1 is 1.04 bits per heavy atom. The lowest BCUT2D eigenvalue weighted by Crippen LogP contribution is -2.03. The van der Waals surface area contributed by atoms with Crippen molar-refractivity contribution >= 4 is 16.7 Å². The van der Waals surface area contributed by atoms with E-state index in [1.807, 2.05) is 32.0 Å². The van der Waals surface area contributed by atoms with E-state index >= 15 is 0 Å². The molecule has 0 saturated heterocycles. The molecule has 120 valence electrons. The number of aryl methyl sites for hydroxylation is 1. The minimum Gasteiger partial charge on any atom is -0.382 e. The highest BCUT2D eigenvalue weighted by Gasteiger charge is 2.14. The first-order chi connectivity index (χ1) is 11.1. The molecule has 0 bridgehead atoms. The number of benzene rings is 1. The smallest absolute Gasteiger partial charge is 0.160 e. The van der Waals surface area contributed by atoms with Crippen LogP contribution in [0.1, 0.15) is 44.9 Å². The van der Waals surface area contributed by atoms with Gasteiger partial charge in [0, 0.05) is 17.1 Å². The number of hydrogen-bond acceptors (Lipinski definition) is 4. The number of pyridine rings is 1. The number of anilines is 1. The molecule has 0 aliphatic carbocycles. The zero-order chi connectivity index (χ0) is 17.0. The van der Waals surface area contributed by atoms with E-state index in [4.69, 9.17) is 10.7 Å². The molecule has 4 heteroatoms.